The summed E-state index contributed by atoms with van der Waals surface area (Å²) in [6.45, 7) is 6.18. The van der Waals surface area contributed by atoms with Crippen LogP contribution in [0.1, 0.15) is 41.8 Å². The molecule has 33 heavy (non-hydrogen) atoms. The monoisotopic (exact) mass is 464 g/mol. The van der Waals surface area contributed by atoms with E-state index in [0.717, 1.165) is 17.0 Å². The number of carbonyl (C=O) groups is 1. The molecule has 1 aromatic heterocycles. The third-order valence-corrected chi connectivity index (χ3v) is 7.36. The van der Waals surface area contributed by atoms with E-state index in [4.69, 9.17) is 5.10 Å². The molecule has 0 radical (unpaired) electrons. The molecule has 7 nitrogen and oxygen atoms in total. The summed E-state index contributed by atoms with van der Waals surface area (Å²) in [5.74, 6) is -0.104. The number of aryl methyl sites for hydroxylation is 1. The van der Waals surface area contributed by atoms with Crippen LogP contribution in [-0.4, -0.2) is 30.1 Å². The van der Waals surface area contributed by atoms with Gasteiger partial charge >= 0.3 is 0 Å². The maximum Gasteiger partial charge on any atom is 0.241 e. The Morgan fingerprint density at radius 1 is 1.06 bits per heavy atom. The molecule has 1 heterocycles. The van der Waals surface area contributed by atoms with E-state index < -0.39 is 10.0 Å². The highest BCUT2D eigenvalue weighted by Crippen LogP contribution is 2.33. The Bertz CT molecular complexity index is 1280. The molecule has 0 fully saturated rings. The maximum atomic E-state index is 12.9. The molecule has 2 N–H and O–H groups in total. The van der Waals surface area contributed by atoms with Gasteiger partial charge < -0.3 is 5.32 Å². The zero-order valence-electron chi connectivity index (χ0n) is 18.9. The molecule has 8 heteroatoms. The van der Waals surface area contributed by atoms with E-state index in [1.54, 1.807) is 12.1 Å². The van der Waals surface area contributed by atoms with Crippen LogP contribution in [0.15, 0.2) is 71.6 Å². The summed E-state index contributed by atoms with van der Waals surface area (Å²) in [5.41, 5.74) is 4.97. The Morgan fingerprint density at radius 3 is 2.42 bits per heavy atom. The van der Waals surface area contributed by atoms with Crippen LogP contribution in [0.25, 0.3) is 0 Å². The van der Waals surface area contributed by atoms with E-state index in [2.05, 4.69) is 35.2 Å². The second-order valence-corrected chi connectivity index (χ2v) is 10.1. The number of carbonyl (C=O) groups excluding carboxylic acids is 1. The first-order valence-electron chi connectivity index (χ1n) is 10.9. The first-order chi connectivity index (χ1) is 15.7. The Morgan fingerprint density at radius 2 is 1.76 bits per heavy atom. The number of nitrogens with one attached hydrogen (secondary N) is 2. The summed E-state index contributed by atoms with van der Waals surface area (Å²) in [7, 11) is -3.69. The van der Waals surface area contributed by atoms with Gasteiger partial charge in [0.25, 0.3) is 0 Å². The number of sulfonamides is 1. The number of hydrogen-bond acceptors (Lipinski definition) is 4. The summed E-state index contributed by atoms with van der Waals surface area (Å²) in [6, 6.07) is 16.0. The lowest BCUT2D eigenvalue weighted by Crippen LogP contribution is -2.32. The quantitative estimate of drug-likeness (QED) is 0.519. The van der Waals surface area contributed by atoms with Gasteiger partial charge in [-0.1, -0.05) is 42.5 Å². The summed E-state index contributed by atoms with van der Waals surface area (Å²) in [6.07, 6.45) is 4.63. The van der Waals surface area contributed by atoms with Crippen molar-refractivity contribution in [1.82, 2.24) is 14.5 Å². The van der Waals surface area contributed by atoms with Crippen molar-refractivity contribution in [3.63, 3.8) is 0 Å². The molecule has 2 aromatic carbocycles. The van der Waals surface area contributed by atoms with Crippen LogP contribution in [0.4, 0.5) is 5.69 Å². The van der Waals surface area contributed by atoms with Crippen LogP contribution in [-0.2, 0) is 21.4 Å². The first kappa shape index (κ1) is 22.9. The number of benzene rings is 2. The predicted molar refractivity (Wildman–Crippen MR) is 129 cm³/mol. The van der Waals surface area contributed by atoms with Crippen LogP contribution in [0.2, 0.25) is 0 Å². The van der Waals surface area contributed by atoms with Gasteiger partial charge in [-0.05, 0) is 50.1 Å². The normalized spacial score (nSPS) is 17.9. The zero-order chi connectivity index (χ0) is 23.6. The fourth-order valence-corrected chi connectivity index (χ4v) is 5.55. The molecular formula is C25H28N4O3S. The highest BCUT2D eigenvalue weighted by molar-refractivity contribution is 7.89. The molecule has 1 amide bonds. The molecule has 1 aliphatic carbocycles. The minimum absolute atomic E-state index is 0.101. The fraction of sp³-hybridized carbons (Fsp3) is 0.280. The van der Waals surface area contributed by atoms with Crippen molar-refractivity contribution in [3.8, 4) is 0 Å². The summed E-state index contributed by atoms with van der Waals surface area (Å²) >= 11 is 0. The van der Waals surface area contributed by atoms with Gasteiger partial charge in [-0.3, -0.25) is 9.48 Å². The van der Waals surface area contributed by atoms with Gasteiger partial charge in [-0.25, -0.2) is 13.1 Å². The Kier molecular flexibility index (Phi) is 6.49. The molecule has 1 aliphatic rings. The number of amides is 1. The summed E-state index contributed by atoms with van der Waals surface area (Å²) in [4.78, 5) is 11.3. The predicted octanol–water partition coefficient (Wildman–Crippen LogP) is 3.90. The topological polar surface area (TPSA) is 93.1 Å². The molecular weight excluding hydrogens is 436 g/mol. The number of allylic oxidation sites excluding steroid dienone is 1. The average molecular weight is 465 g/mol. The number of aromatic nitrogens is 2. The number of anilines is 1. The highest BCUT2D eigenvalue weighted by atomic mass is 32.2. The SMILES string of the molecule is CC(=O)Nc1ccc(S(=O)(=O)N[C@@H]2C=C[C@@H](c3c(C)nn(Cc4ccccc4)c3C)C2)cc1. The van der Waals surface area contributed by atoms with Gasteiger partial charge in [0.15, 0.2) is 0 Å². The smallest absolute Gasteiger partial charge is 0.241 e. The van der Waals surface area contributed by atoms with Crippen molar-refractivity contribution >= 4 is 21.6 Å². The molecule has 3 aromatic rings. The standard InChI is InChI=1S/C25H28N4O3S/c1-17-25(18(2)29(27-17)16-20-7-5-4-6-8-20)21-9-10-23(15-21)28-33(31,32)24-13-11-22(12-14-24)26-19(3)30/h4-14,21,23,28H,15-16H2,1-3H3,(H,26,30)/t21-,23-/m1/s1. The van der Waals surface area contributed by atoms with Crippen LogP contribution < -0.4 is 10.0 Å². The molecule has 4 rings (SSSR count). The van der Waals surface area contributed by atoms with Gasteiger partial charge in [0.05, 0.1) is 17.1 Å². The van der Waals surface area contributed by atoms with Crippen LogP contribution >= 0.6 is 0 Å². The van der Waals surface area contributed by atoms with E-state index in [0.29, 0.717) is 18.7 Å². The van der Waals surface area contributed by atoms with E-state index in [1.807, 2.05) is 35.9 Å². The van der Waals surface area contributed by atoms with Crippen LogP contribution in [0.3, 0.4) is 0 Å². The third-order valence-electron chi connectivity index (χ3n) is 5.86. The second-order valence-electron chi connectivity index (χ2n) is 8.39. The second kappa shape index (κ2) is 9.33. The van der Waals surface area contributed by atoms with Gasteiger partial charge in [0.2, 0.25) is 15.9 Å². The van der Waals surface area contributed by atoms with Crippen molar-refractivity contribution in [1.29, 1.82) is 0 Å². The lowest BCUT2D eigenvalue weighted by Gasteiger charge is -2.15. The van der Waals surface area contributed by atoms with Gasteiger partial charge in [-0.15, -0.1) is 0 Å². The number of hydrogen-bond donors (Lipinski definition) is 2. The van der Waals surface area contributed by atoms with Crippen molar-refractivity contribution in [2.45, 2.75) is 50.6 Å². The van der Waals surface area contributed by atoms with Gasteiger partial charge in [0, 0.05) is 35.8 Å². The Hall–Kier alpha value is -3.23. The average Bonchev–Trinajstić information content (AvgIpc) is 3.31. The van der Waals surface area contributed by atoms with Crippen LogP contribution in [0.5, 0.6) is 0 Å². The summed E-state index contributed by atoms with van der Waals surface area (Å²) < 4.78 is 30.5. The van der Waals surface area contributed by atoms with E-state index in [9.17, 15) is 13.2 Å². The molecule has 0 saturated carbocycles. The molecule has 0 bridgehead atoms. The van der Waals surface area contributed by atoms with Gasteiger partial charge in [0.1, 0.15) is 0 Å². The molecule has 0 spiro atoms. The highest BCUT2D eigenvalue weighted by Gasteiger charge is 2.28. The van der Waals surface area contributed by atoms with E-state index in [1.165, 1.54) is 24.6 Å². The molecule has 0 saturated heterocycles. The minimum Gasteiger partial charge on any atom is -0.326 e. The van der Waals surface area contributed by atoms with Crippen molar-refractivity contribution < 1.29 is 13.2 Å². The maximum absolute atomic E-state index is 12.9. The van der Waals surface area contributed by atoms with E-state index >= 15 is 0 Å². The van der Waals surface area contributed by atoms with Gasteiger partial charge in [-0.2, -0.15) is 5.10 Å². The summed E-state index contributed by atoms with van der Waals surface area (Å²) in [5, 5.41) is 7.38. The zero-order valence-corrected chi connectivity index (χ0v) is 19.8. The van der Waals surface area contributed by atoms with E-state index in [-0.39, 0.29) is 22.8 Å². The van der Waals surface area contributed by atoms with Crippen LogP contribution in [0, 0.1) is 13.8 Å². The van der Waals surface area contributed by atoms with Crippen molar-refractivity contribution in [3.05, 3.63) is 89.3 Å². The number of rotatable bonds is 7. The molecule has 172 valence electrons. The largest absolute Gasteiger partial charge is 0.326 e. The molecule has 0 aliphatic heterocycles. The van der Waals surface area contributed by atoms with Crippen molar-refractivity contribution in [2.75, 3.05) is 5.32 Å². The Balaban J connectivity index is 1.44. The molecule has 0 unspecified atom stereocenters. The van der Waals surface area contributed by atoms with Crippen molar-refractivity contribution in [2.24, 2.45) is 0 Å². The Labute approximate surface area is 194 Å². The lowest BCUT2D eigenvalue weighted by atomic mass is 9.96. The minimum atomic E-state index is -3.69. The lowest BCUT2D eigenvalue weighted by molar-refractivity contribution is -0.114. The fourth-order valence-electron chi connectivity index (χ4n) is 4.35. The first-order valence-corrected chi connectivity index (χ1v) is 12.4. The number of nitrogens with zero attached hydrogens (tertiary/aromatic N) is 2. The molecule has 2 atom stereocenters. The third kappa shape index (κ3) is 5.23.